The summed E-state index contributed by atoms with van der Waals surface area (Å²) in [6.45, 7) is 5.75. The largest absolute Gasteiger partial charge is 0.297 e. The van der Waals surface area contributed by atoms with Crippen molar-refractivity contribution >= 4 is 6.21 Å². The Kier molecular flexibility index (Phi) is 0.565. The van der Waals surface area contributed by atoms with E-state index in [1.165, 1.54) is 0 Å². The van der Waals surface area contributed by atoms with Crippen LogP contribution in [0.4, 0.5) is 0 Å². The molecule has 0 unspecified atom stereocenters. The fourth-order valence-corrected chi connectivity index (χ4v) is 1.72. The molecule has 0 radical (unpaired) electrons. The van der Waals surface area contributed by atoms with Gasteiger partial charge in [0.15, 0.2) is 0 Å². The van der Waals surface area contributed by atoms with Crippen LogP contribution in [0.1, 0.15) is 13.8 Å². The van der Waals surface area contributed by atoms with Crippen LogP contribution in [0.2, 0.25) is 0 Å². The van der Waals surface area contributed by atoms with E-state index in [9.17, 15) is 0 Å². The van der Waals surface area contributed by atoms with Crippen molar-refractivity contribution in [2.24, 2.45) is 22.2 Å². The van der Waals surface area contributed by atoms with Crippen molar-refractivity contribution in [3.05, 3.63) is 0 Å². The lowest BCUT2D eigenvalue weighted by Crippen LogP contribution is -1.96. The number of fused-ring (bicyclic) bond motifs is 1. The van der Waals surface area contributed by atoms with Crippen LogP contribution in [0.5, 0.6) is 0 Å². The van der Waals surface area contributed by atoms with Gasteiger partial charge in [0, 0.05) is 18.7 Å². The molecule has 1 heteroatoms. The zero-order chi connectivity index (χ0) is 5.78. The minimum Gasteiger partial charge on any atom is -0.297 e. The van der Waals surface area contributed by atoms with Crippen LogP contribution in [0.3, 0.4) is 0 Å². The van der Waals surface area contributed by atoms with E-state index in [0.717, 1.165) is 18.4 Å². The van der Waals surface area contributed by atoms with Crippen molar-refractivity contribution in [3.63, 3.8) is 0 Å². The molecular weight excluding hydrogens is 98.1 g/mol. The van der Waals surface area contributed by atoms with Crippen LogP contribution in [0.15, 0.2) is 4.99 Å². The van der Waals surface area contributed by atoms with Gasteiger partial charge in [-0.3, -0.25) is 4.99 Å². The van der Waals surface area contributed by atoms with Crippen molar-refractivity contribution in [1.29, 1.82) is 0 Å². The minimum absolute atomic E-state index is 0.613. The quantitative estimate of drug-likeness (QED) is 0.445. The molecular formula is C7H11N. The summed E-state index contributed by atoms with van der Waals surface area (Å²) in [4.78, 5) is 4.18. The predicted molar refractivity (Wildman–Crippen MR) is 34.1 cm³/mol. The first-order valence-corrected chi connectivity index (χ1v) is 3.23. The van der Waals surface area contributed by atoms with E-state index in [0.29, 0.717) is 5.41 Å². The lowest BCUT2D eigenvalue weighted by molar-refractivity contribution is 0.552. The molecule has 0 saturated heterocycles. The maximum Gasteiger partial charge on any atom is 0.0425 e. The van der Waals surface area contributed by atoms with Crippen LogP contribution in [-0.2, 0) is 0 Å². The van der Waals surface area contributed by atoms with E-state index in [2.05, 4.69) is 25.1 Å². The highest BCUT2D eigenvalue weighted by molar-refractivity contribution is 5.70. The maximum absolute atomic E-state index is 4.18. The Morgan fingerprint density at radius 2 is 2.38 bits per heavy atom. The summed E-state index contributed by atoms with van der Waals surface area (Å²) in [7, 11) is 0. The number of aliphatic imine (C=N–C) groups is 1. The van der Waals surface area contributed by atoms with Crippen molar-refractivity contribution in [2.45, 2.75) is 13.8 Å². The van der Waals surface area contributed by atoms with Gasteiger partial charge in [0.2, 0.25) is 0 Å². The van der Waals surface area contributed by atoms with Gasteiger partial charge >= 0.3 is 0 Å². The van der Waals surface area contributed by atoms with Crippen LogP contribution >= 0.6 is 0 Å². The Labute approximate surface area is 49.8 Å². The molecule has 2 atom stereocenters. The summed E-state index contributed by atoms with van der Waals surface area (Å²) in [5, 5.41) is 0. The van der Waals surface area contributed by atoms with E-state index in [-0.39, 0.29) is 0 Å². The second kappa shape index (κ2) is 0.996. The highest BCUT2D eigenvalue weighted by Gasteiger charge is 2.58. The molecule has 0 aromatic carbocycles. The molecule has 8 heavy (non-hydrogen) atoms. The lowest BCUT2D eigenvalue weighted by Gasteiger charge is -2.00. The molecule has 0 bridgehead atoms. The molecule has 0 N–H and O–H groups in total. The van der Waals surface area contributed by atoms with E-state index in [1.54, 1.807) is 0 Å². The molecule has 1 fully saturated rings. The molecule has 1 aliphatic carbocycles. The fraction of sp³-hybridized carbons (Fsp3) is 0.857. The third-order valence-electron chi connectivity index (χ3n) is 2.71. The average Bonchev–Trinajstić information content (AvgIpc) is 2.22. The molecule has 44 valence electrons. The molecule has 0 aromatic heterocycles. The zero-order valence-electron chi connectivity index (χ0n) is 5.39. The van der Waals surface area contributed by atoms with Crippen molar-refractivity contribution in [3.8, 4) is 0 Å². The van der Waals surface area contributed by atoms with Crippen molar-refractivity contribution < 1.29 is 0 Å². The zero-order valence-corrected chi connectivity index (χ0v) is 5.39. The van der Waals surface area contributed by atoms with Gasteiger partial charge in [0.05, 0.1) is 0 Å². The number of rotatable bonds is 0. The van der Waals surface area contributed by atoms with E-state index < -0.39 is 0 Å². The smallest absolute Gasteiger partial charge is 0.0425 e. The van der Waals surface area contributed by atoms with Gasteiger partial charge in [-0.2, -0.15) is 0 Å². The minimum atomic E-state index is 0.613. The number of hydrogen-bond donors (Lipinski definition) is 0. The molecule has 1 nitrogen and oxygen atoms in total. The van der Waals surface area contributed by atoms with Crippen LogP contribution in [-0.4, -0.2) is 12.8 Å². The summed E-state index contributed by atoms with van der Waals surface area (Å²) < 4.78 is 0. The van der Waals surface area contributed by atoms with Gasteiger partial charge in [-0.15, -0.1) is 0 Å². The third kappa shape index (κ3) is 0.320. The maximum atomic E-state index is 4.18. The van der Waals surface area contributed by atoms with Crippen molar-refractivity contribution in [2.75, 3.05) is 6.54 Å². The summed E-state index contributed by atoms with van der Waals surface area (Å²) >= 11 is 0. The normalized spacial score (nSPS) is 46.8. The van der Waals surface area contributed by atoms with Crippen molar-refractivity contribution in [1.82, 2.24) is 0 Å². The molecule has 1 heterocycles. The fourth-order valence-electron chi connectivity index (χ4n) is 1.72. The van der Waals surface area contributed by atoms with Gasteiger partial charge in [-0.05, 0) is 11.3 Å². The molecule has 0 amide bonds. The topological polar surface area (TPSA) is 12.4 Å². The van der Waals surface area contributed by atoms with Crippen LogP contribution < -0.4 is 0 Å². The molecule has 0 aromatic rings. The first kappa shape index (κ1) is 4.54. The Balaban J connectivity index is 2.24. The van der Waals surface area contributed by atoms with E-state index in [1.807, 2.05) is 0 Å². The first-order valence-electron chi connectivity index (χ1n) is 3.23. The standard InChI is InChI=1S/C7H11N/c1-7(2)5-3-8-4-6(5)7/h3,5-6H,4H2,1-2H3/t5-,6-/m1/s1. The molecule has 1 aliphatic heterocycles. The highest BCUT2D eigenvalue weighted by atomic mass is 14.9. The monoisotopic (exact) mass is 109 g/mol. The third-order valence-corrected chi connectivity index (χ3v) is 2.71. The van der Waals surface area contributed by atoms with Gasteiger partial charge < -0.3 is 0 Å². The average molecular weight is 109 g/mol. The molecule has 2 rings (SSSR count). The molecule has 1 saturated carbocycles. The lowest BCUT2D eigenvalue weighted by atomic mass is 10.1. The van der Waals surface area contributed by atoms with Gasteiger partial charge in [0.1, 0.15) is 0 Å². The Hall–Kier alpha value is -0.330. The van der Waals surface area contributed by atoms with Gasteiger partial charge in [-0.25, -0.2) is 0 Å². The predicted octanol–water partition coefficient (Wildman–Crippen LogP) is 1.34. The summed E-state index contributed by atoms with van der Waals surface area (Å²) in [6, 6.07) is 0. The SMILES string of the molecule is CC1(C)[C@@H]2C=NC[C@H]21. The van der Waals surface area contributed by atoms with Gasteiger partial charge in [-0.1, -0.05) is 13.8 Å². The van der Waals surface area contributed by atoms with E-state index in [4.69, 9.17) is 0 Å². The Bertz CT molecular complexity index is 146. The van der Waals surface area contributed by atoms with Crippen LogP contribution in [0, 0.1) is 17.3 Å². The molecule has 0 spiro atoms. The van der Waals surface area contributed by atoms with E-state index >= 15 is 0 Å². The number of hydrogen-bond acceptors (Lipinski definition) is 1. The first-order chi connectivity index (χ1) is 3.73. The second-order valence-corrected chi connectivity index (χ2v) is 3.47. The summed E-state index contributed by atoms with van der Waals surface area (Å²) in [6.07, 6.45) is 2.13. The highest BCUT2D eigenvalue weighted by Crippen LogP contribution is 2.59. The Morgan fingerprint density at radius 1 is 1.62 bits per heavy atom. The van der Waals surface area contributed by atoms with Gasteiger partial charge in [0.25, 0.3) is 0 Å². The summed E-state index contributed by atoms with van der Waals surface area (Å²) in [5.74, 6) is 1.74. The molecule has 2 aliphatic rings. The number of nitrogens with zero attached hydrogens (tertiary/aromatic N) is 1. The Morgan fingerprint density at radius 3 is 2.62 bits per heavy atom. The second-order valence-electron chi connectivity index (χ2n) is 3.47. The van der Waals surface area contributed by atoms with Crippen LogP contribution in [0.25, 0.3) is 0 Å². The summed E-state index contributed by atoms with van der Waals surface area (Å²) in [5.41, 5.74) is 0.613.